The summed E-state index contributed by atoms with van der Waals surface area (Å²) in [6.07, 6.45) is 0. The van der Waals surface area contributed by atoms with Crippen molar-refractivity contribution >= 4 is 27.2 Å². The number of hydrogen-bond acceptors (Lipinski definition) is 8. The fourth-order valence-electron chi connectivity index (χ4n) is 3.39. The fourth-order valence-corrected chi connectivity index (χ4v) is 4.44. The van der Waals surface area contributed by atoms with Crippen LogP contribution in [0.2, 0.25) is 0 Å². The summed E-state index contributed by atoms with van der Waals surface area (Å²) < 4.78 is 27.8. The van der Waals surface area contributed by atoms with Gasteiger partial charge in [-0.3, -0.25) is 14.8 Å². The first-order valence-corrected chi connectivity index (χ1v) is 11.4. The number of likely N-dealkylation sites (N-methyl/N-ethyl adjacent to an activating group) is 1. The highest BCUT2D eigenvalue weighted by molar-refractivity contribution is 7.92. The molecule has 0 bridgehead atoms. The molecule has 2 heterocycles. The number of nitrogens with one attached hydrogen (secondary N) is 1. The summed E-state index contributed by atoms with van der Waals surface area (Å²) >= 11 is 0. The van der Waals surface area contributed by atoms with Crippen molar-refractivity contribution in [3.05, 3.63) is 70.8 Å². The second-order valence-electron chi connectivity index (χ2n) is 7.50. The Balaban J connectivity index is 1.50. The van der Waals surface area contributed by atoms with E-state index >= 15 is 0 Å². The minimum Gasteiger partial charge on any atom is -0.353 e. The normalized spacial score (nSPS) is 14.8. The van der Waals surface area contributed by atoms with Gasteiger partial charge in [0, 0.05) is 49.6 Å². The van der Waals surface area contributed by atoms with Gasteiger partial charge < -0.3 is 9.80 Å². The summed E-state index contributed by atoms with van der Waals surface area (Å²) in [4.78, 5) is 14.6. The highest BCUT2D eigenvalue weighted by Gasteiger charge is 2.18. The molecule has 1 aliphatic rings. The highest BCUT2D eigenvalue weighted by atomic mass is 32.2. The van der Waals surface area contributed by atoms with Crippen molar-refractivity contribution in [2.75, 3.05) is 42.8 Å². The number of aromatic nitrogens is 2. The SMILES string of the molecule is CN1CCN(c2ccc(-c3cccc(NS(=O)(=O)c4ccc([N+](=O)[O-])cc4)c3)nn2)CC1. The zero-order valence-electron chi connectivity index (χ0n) is 17.4. The maximum absolute atomic E-state index is 12.7. The number of hydrogen-bond donors (Lipinski definition) is 1. The van der Waals surface area contributed by atoms with Crippen LogP contribution in [0.3, 0.4) is 0 Å². The van der Waals surface area contributed by atoms with Gasteiger partial charge >= 0.3 is 0 Å². The largest absolute Gasteiger partial charge is 0.353 e. The maximum atomic E-state index is 12.7. The molecule has 0 radical (unpaired) electrons. The van der Waals surface area contributed by atoms with Gasteiger partial charge in [0.2, 0.25) is 0 Å². The van der Waals surface area contributed by atoms with E-state index in [1.54, 1.807) is 18.2 Å². The lowest BCUT2D eigenvalue weighted by molar-refractivity contribution is -0.384. The number of nitro benzene ring substituents is 1. The first kappa shape index (κ1) is 21.7. The van der Waals surface area contributed by atoms with Gasteiger partial charge in [-0.1, -0.05) is 12.1 Å². The molecule has 0 unspecified atom stereocenters. The summed E-state index contributed by atoms with van der Waals surface area (Å²) in [5.74, 6) is 0.817. The monoisotopic (exact) mass is 454 g/mol. The van der Waals surface area contributed by atoms with Crippen LogP contribution in [0.1, 0.15) is 0 Å². The fraction of sp³-hybridized carbons (Fsp3) is 0.238. The quantitative estimate of drug-likeness (QED) is 0.446. The molecule has 4 rings (SSSR count). The van der Waals surface area contributed by atoms with Crippen LogP contribution in [-0.2, 0) is 10.0 Å². The Morgan fingerprint density at radius 1 is 0.969 bits per heavy atom. The van der Waals surface area contributed by atoms with Gasteiger partial charge in [0.25, 0.3) is 15.7 Å². The lowest BCUT2D eigenvalue weighted by Gasteiger charge is -2.32. The number of piperazine rings is 1. The van der Waals surface area contributed by atoms with Gasteiger partial charge in [0.05, 0.1) is 15.5 Å². The van der Waals surface area contributed by atoms with E-state index in [0.29, 0.717) is 16.9 Å². The minimum atomic E-state index is -3.90. The van der Waals surface area contributed by atoms with E-state index in [4.69, 9.17) is 0 Å². The lowest BCUT2D eigenvalue weighted by atomic mass is 10.1. The van der Waals surface area contributed by atoms with Crippen LogP contribution in [0.25, 0.3) is 11.3 Å². The van der Waals surface area contributed by atoms with E-state index < -0.39 is 14.9 Å². The van der Waals surface area contributed by atoms with Gasteiger partial charge in [-0.25, -0.2) is 8.42 Å². The Morgan fingerprint density at radius 3 is 2.31 bits per heavy atom. The van der Waals surface area contributed by atoms with Gasteiger partial charge in [0.1, 0.15) is 0 Å². The van der Waals surface area contributed by atoms with Gasteiger partial charge in [-0.15, -0.1) is 10.2 Å². The third-order valence-electron chi connectivity index (χ3n) is 5.25. The molecule has 166 valence electrons. The third kappa shape index (κ3) is 4.84. The summed E-state index contributed by atoms with van der Waals surface area (Å²) in [7, 11) is -1.81. The first-order valence-electron chi connectivity index (χ1n) is 9.97. The second kappa shape index (κ2) is 8.89. The molecule has 0 amide bonds. The second-order valence-corrected chi connectivity index (χ2v) is 9.19. The number of anilines is 2. The predicted molar refractivity (Wildman–Crippen MR) is 121 cm³/mol. The summed E-state index contributed by atoms with van der Waals surface area (Å²) in [6.45, 7) is 3.73. The van der Waals surface area contributed by atoms with Gasteiger partial charge in [-0.05, 0) is 43.4 Å². The van der Waals surface area contributed by atoms with Crippen LogP contribution in [0.5, 0.6) is 0 Å². The van der Waals surface area contributed by atoms with Crippen molar-refractivity contribution in [2.45, 2.75) is 4.90 Å². The molecule has 0 atom stereocenters. The molecular formula is C21H22N6O4S. The summed E-state index contributed by atoms with van der Waals surface area (Å²) in [5.41, 5.74) is 1.51. The van der Waals surface area contributed by atoms with E-state index in [0.717, 1.165) is 44.1 Å². The number of rotatable bonds is 6. The summed E-state index contributed by atoms with van der Waals surface area (Å²) in [5, 5.41) is 19.4. The molecule has 0 aliphatic carbocycles. The number of non-ortho nitro benzene ring substituents is 1. The van der Waals surface area contributed by atoms with Crippen LogP contribution in [0.15, 0.2) is 65.6 Å². The molecule has 10 nitrogen and oxygen atoms in total. The number of benzene rings is 2. The van der Waals surface area contributed by atoms with Crippen molar-refractivity contribution in [1.82, 2.24) is 15.1 Å². The van der Waals surface area contributed by atoms with Crippen LogP contribution >= 0.6 is 0 Å². The maximum Gasteiger partial charge on any atom is 0.269 e. The van der Waals surface area contributed by atoms with Crippen LogP contribution in [0.4, 0.5) is 17.2 Å². The van der Waals surface area contributed by atoms with E-state index in [1.807, 2.05) is 18.2 Å². The number of sulfonamides is 1. The minimum absolute atomic E-state index is 0.0650. The van der Waals surface area contributed by atoms with Crippen molar-refractivity contribution in [3.63, 3.8) is 0 Å². The zero-order valence-corrected chi connectivity index (χ0v) is 18.2. The zero-order chi connectivity index (χ0) is 22.7. The topological polar surface area (TPSA) is 122 Å². The average Bonchev–Trinajstić information content (AvgIpc) is 2.80. The van der Waals surface area contributed by atoms with Gasteiger partial charge in [0.15, 0.2) is 5.82 Å². The Labute approximate surface area is 185 Å². The molecule has 1 fully saturated rings. The third-order valence-corrected chi connectivity index (χ3v) is 6.64. The molecule has 2 aromatic carbocycles. The van der Waals surface area contributed by atoms with Crippen molar-refractivity contribution in [2.24, 2.45) is 0 Å². The molecule has 0 spiro atoms. The molecule has 3 aromatic rings. The van der Waals surface area contributed by atoms with Crippen molar-refractivity contribution in [1.29, 1.82) is 0 Å². The number of nitro groups is 1. The predicted octanol–water partition coefficient (Wildman–Crippen LogP) is 2.60. The molecule has 1 aliphatic heterocycles. The summed E-state index contributed by atoms with van der Waals surface area (Å²) in [6, 6.07) is 15.3. The highest BCUT2D eigenvalue weighted by Crippen LogP contribution is 2.24. The number of nitrogens with zero attached hydrogens (tertiary/aromatic N) is 5. The smallest absolute Gasteiger partial charge is 0.269 e. The Morgan fingerprint density at radius 2 is 1.69 bits per heavy atom. The molecule has 1 saturated heterocycles. The van der Waals surface area contributed by atoms with Crippen LogP contribution in [-0.4, -0.2) is 61.7 Å². The molecule has 11 heteroatoms. The molecule has 1 N–H and O–H groups in total. The first-order chi connectivity index (χ1) is 15.3. The Hall–Kier alpha value is -3.57. The van der Waals surface area contributed by atoms with Crippen LogP contribution in [0, 0.1) is 10.1 Å². The van der Waals surface area contributed by atoms with Crippen molar-refractivity contribution in [3.8, 4) is 11.3 Å². The van der Waals surface area contributed by atoms with Gasteiger partial charge in [-0.2, -0.15) is 0 Å². The molecular weight excluding hydrogens is 432 g/mol. The molecule has 32 heavy (non-hydrogen) atoms. The standard InChI is InChI=1S/C21H22N6O4S/c1-25-11-13-26(14-12-25)21-10-9-20(22-23-21)16-3-2-4-17(15-16)24-32(30,31)19-7-5-18(6-8-19)27(28)29/h2-10,15,24H,11-14H2,1H3. The molecule has 1 aromatic heterocycles. The van der Waals surface area contributed by atoms with E-state index in [2.05, 4.69) is 31.8 Å². The molecule has 0 saturated carbocycles. The van der Waals surface area contributed by atoms with E-state index in [1.165, 1.54) is 12.1 Å². The Kier molecular flexibility index (Phi) is 6.01. The lowest BCUT2D eigenvalue weighted by Crippen LogP contribution is -2.44. The van der Waals surface area contributed by atoms with E-state index in [9.17, 15) is 18.5 Å². The van der Waals surface area contributed by atoms with E-state index in [-0.39, 0.29) is 10.6 Å². The average molecular weight is 455 g/mol. The Bertz CT molecular complexity index is 1210. The van der Waals surface area contributed by atoms with Crippen molar-refractivity contribution < 1.29 is 13.3 Å². The van der Waals surface area contributed by atoms with Crippen LogP contribution < -0.4 is 9.62 Å².